The van der Waals surface area contributed by atoms with E-state index in [1.807, 2.05) is 6.92 Å². The maximum atomic E-state index is 13.5. The summed E-state index contributed by atoms with van der Waals surface area (Å²) in [5, 5.41) is 11.3. The molecule has 0 radical (unpaired) electrons. The van der Waals surface area contributed by atoms with E-state index in [1.165, 1.54) is 0 Å². The Morgan fingerprint density at radius 2 is 2.17 bits per heavy atom. The molecule has 0 saturated carbocycles. The van der Waals surface area contributed by atoms with Gasteiger partial charge >= 0.3 is 5.97 Å². The number of halogens is 3. The van der Waals surface area contributed by atoms with Gasteiger partial charge in [-0.25, -0.2) is 13.6 Å². The van der Waals surface area contributed by atoms with Gasteiger partial charge in [-0.1, -0.05) is 31.4 Å². The standard InChI is InChI=1S/C12H14ClF2NO2/c1-2-3-4-10(12(17)18)16-11-8(13)5-7(14)6-9(11)15/h5-6,10,16H,2-4H2,1H3,(H,17,18). The van der Waals surface area contributed by atoms with Crippen molar-refractivity contribution in [1.82, 2.24) is 0 Å². The molecule has 2 N–H and O–H groups in total. The van der Waals surface area contributed by atoms with E-state index in [1.54, 1.807) is 0 Å². The fourth-order valence-electron chi connectivity index (χ4n) is 1.52. The molecule has 0 aliphatic rings. The number of nitrogens with one attached hydrogen (secondary N) is 1. The molecule has 0 saturated heterocycles. The second kappa shape index (κ2) is 6.54. The topological polar surface area (TPSA) is 49.3 Å². The number of carbonyl (C=O) groups is 1. The Kier molecular flexibility index (Phi) is 5.34. The Bertz CT molecular complexity index is 417. The minimum Gasteiger partial charge on any atom is -0.480 e. The average molecular weight is 278 g/mol. The molecule has 1 rings (SSSR count). The van der Waals surface area contributed by atoms with Crippen LogP contribution in [0.2, 0.25) is 5.02 Å². The van der Waals surface area contributed by atoms with Crippen molar-refractivity contribution < 1.29 is 18.7 Å². The summed E-state index contributed by atoms with van der Waals surface area (Å²) in [7, 11) is 0. The maximum absolute atomic E-state index is 13.5. The van der Waals surface area contributed by atoms with Gasteiger partial charge in [0.1, 0.15) is 11.9 Å². The first-order valence-electron chi connectivity index (χ1n) is 5.59. The highest BCUT2D eigenvalue weighted by Gasteiger charge is 2.20. The van der Waals surface area contributed by atoms with Crippen molar-refractivity contribution in [3.8, 4) is 0 Å². The second-order valence-electron chi connectivity index (χ2n) is 3.92. The van der Waals surface area contributed by atoms with Gasteiger partial charge in [0.25, 0.3) is 0 Å². The Morgan fingerprint density at radius 1 is 1.50 bits per heavy atom. The van der Waals surface area contributed by atoms with E-state index < -0.39 is 23.6 Å². The monoisotopic (exact) mass is 277 g/mol. The first-order chi connectivity index (χ1) is 8.45. The highest BCUT2D eigenvalue weighted by molar-refractivity contribution is 6.33. The Balaban J connectivity index is 2.90. The molecule has 0 bridgehead atoms. The largest absolute Gasteiger partial charge is 0.480 e. The van der Waals surface area contributed by atoms with Crippen LogP contribution in [0.25, 0.3) is 0 Å². The number of benzene rings is 1. The van der Waals surface area contributed by atoms with Crippen molar-refractivity contribution in [3.05, 3.63) is 28.8 Å². The van der Waals surface area contributed by atoms with Crippen LogP contribution in [0.15, 0.2) is 12.1 Å². The van der Waals surface area contributed by atoms with E-state index in [9.17, 15) is 13.6 Å². The summed E-state index contributed by atoms with van der Waals surface area (Å²) in [6, 6.07) is 0.654. The molecule has 6 heteroatoms. The van der Waals surface area contributed by atoms with Crippen molar-refractivity contribution in [2.75, 3.05) is 5.32 Å². The van der Waals surface area contributed by atoms with Crippen LogP contribution in [0.5, 0.6) is 0 Å². The van der Waals surface area contributed by atoms with Crippen molar-refractivity contribution in [1.29, 1.82) is 0 Å². The highest BCUT2D eigenvalue weighted by atomic mass is 35.5. The molecule has 100 valence electrons. The Morgan fingerprint density at radius 3 is 2.67 bits per heavy atom. The van der Waals surface area contributed by atoms with Crippen LogP contribution < -0.4 is 5.32 Å². The number of carboxylic acid groups (broad SMARTS) is 1. The van der Waals surface area contributed by atoms with Gasteiger partial charge in [-0.15, -0.1) is 0 Å². The average Bonchev–Trinajstić information content (AvgIpc) is 2.26. The number of anilines is 1. The molecule has 0 heterocycles. The minimum atomic E-state index is -1.09. The van der Waals surface area contributed by atoms with Gasteiger partial charge in [0.05, 0.1) is 10.7 Å². The molecule has 3 nitrogen and oxygen atoms in total. The molecular weight excluding hydrogens is 264 g/mol. The summed E-state index contributed by atoms with van der Waals surface area (Å²) < 4.78 is 26.3. The van der Waals surface area contributed by atoms with Crippen molar-refractivity contribution in [2.24, 2.45) is 0 Å². The molecule has 1 aromatic carbocycles. The Labute approximate surface area is 109 Å². The summed E-state index contributed by atoms with van der Waals surface area (Å²) in [4.78, 5) is 11.0. The summed E-state index contributed by atoms with van der Waals surface area (Å²) in [5.74, 6) is -2.80. The first-order valence-corrected chi connectivity index (χ1v) is 5.97. The van der Waals surface area contributed by atoms with Gasteiger partial charge in [0.2, 0.25) is 0 Å². The minimum absolute atomic E-state index is 0.171. The zero-order chi connectivity index (χ0) is 13.7. The first kappa shape index (κ1) is 14.7. The smallest absolute Gasteiger partial charge is 0.326 e. The number of hydrogen-bond acceptors (Lipinski definition) is 2. The summed E-state index contributed by atoms with van der Waals surface area (Å²) in [5.41, 5.74) is -0.179. The summed E-state index contributed by atoms with van der Waals surface area (Å²) in [6.45, 7) is 1.92. The van der Waals surface area contributed by atoms with Crippen molar-refractivity contribution >= 4 is 23.3 Å². The number of unbranched alkanes of at least 4 members (excludes halogenated alkanes) is 1. The van der Waals surface area contributed by atoms with E-state index in [0.717, 1.165) is 12.5 Å². The summed E-state index contributed by atoms with van der Waals surface area (Å²) in [6.07, 6.45) is 1.86. The van der Waals surface area contributed by atoms with Crippen molar-refractivity contribution in [3.63, 3.8) is 0 Å². The van der Waals surface area contributed by atoms with Crippen LogP contribution in [0.4, 0.5) is 14.5 Å². The molecule has 0 aliphatic heterocycles. The molecule has 0 aliphatic carbocycles. The molecular formula is C12H14ClF2NO2. The lowest BCUT2D eigenvalue weighted by atomic mass is 10.1. The fraction of sp³-hybridized carbons (Fsp3) is 0.417. The zero-order valence-electron chi connectivity index (χ0n) is 9.84. The van der Waals surface area contributed by atoms with Gasteiger partial charge in [0, 0.05) is 6.07 Å². The van der Waals surface area contributed by atoms with E-state index >= 15 is 0 Å². The molecule has 0 fully saturated rings. The lowest BCUT2D eigenvalue weighted by Gasteiger charge is -2.17. The molecule has 1 unspecified atom stereocenters. The number of rotatable bonds is 6. The molecule has 0 aromatic heterocycles. The van der Waals surface area contributed by atoms with Crippen LogP contribution in [-0.4, -0.2) is 17.1 Å². The van der Waals surface area contributed by atoms with Crippen LogP contribution in [0, 0.1) is 11.6 Å². The van der Waals surface area contributed by atoms with Gasteiger partial charge in [-0.05, 0) is 12.5 Å². The quantitative estimate of drug-likeness (QED) is 0.834. The predicted octanol–water partition coefficient (Wildman–Crippen LogP) is 3.67. The van der Waals surface area contributed by atoms with E-state index in [0.29, 0.717) is 18.9 Å². The lowest BCUT2D eigenvalue weighted by molar-refractivity contribution is -0.138. The van der Waals surface area contributed by atoms with Crippen LogP contribution in [-0.2, 0) is 4.79 Å². The van der Waals surface area contributed by atoms with Crippen molar-refractivity contribution in [2.45, 2.75) is 32.2 Å². The molecule has 1 aromatic rings. The van der Waals surface area contributed by atoms with E-state index in [4.69, 9.17) is 16.7 Å². The molecule has 18 heavy (non-hydrogen) atoms. The van der Waals surface area contributed by atoms with E-state index in [-0.39, 0.29) is 10.7 Å². The maximum Gasteiger partial charge on any atom is 0.326 e. The van der Waals surface area contributed by atoms with E-state index in [2.05, 4.69) is 5.32 Å². The lowest BCUT2D eigenvalue weighted by Crippen LogP contribution is -2.29. The zero-order valence-corrected chi connectivity index (χ0v) is 10.6. The number of aliphatic carboxylic acids is 1. The third-order valence-electron chi connectivity index (χ3n) is 2.47. The number of carboxylic acids is 1. The molecule has 0 amide bonds. The third kappa shape index (κ3) is 3.84. The fourth-order valence-corrected chi connectivity index (χ4v) is 1.77. The second-order valence-corrected chi connectivity index (χ2v) is 4.33. The van der Waals surface area contributed by atoms with Gasteiger partial charge in [-0.3, -0.25) is 0 Å². The molecule has 1 atom stereocenters. The van der Waals surface area contributed by atoms with Gasteiger partial charge < -0.3 is 10.4 Å². The van der Waals surface area contributed by atoms with Gasteiger partial charge in [0.15, 0.2) is 5.82 Å². The normalized spacial score (nSPS) is 12.2. The third-order valence-corrected chi connectivity index (χ3v) is 2.77. The van der Waals surface area contributed by atoms with Crippen LogP contribution >= 0.6 is 11.6 Å². The van der Waals surface area contributed by atoms with Crippen LogP contribution in [0.3, 0.4) is 0 Å². The SMILES string of the molecule is CCCCC(Nc1c(F)cc(F)cc1Cl)C(=O)O. The number of hydrogen-bond donors (Lipinski definition) is 2. The van der Waals surface area contributed by atoms with Gasteiger partial charge in [-0.2, -0.15) is 0 Å². The Hall–Kier alpha value is -1.36. The van der Waals surface area contributed by atoms with Crippen LogP contribution in [0.1, 0.15) is 26.2 Å². The highest BCUT2D eigenvalue weighted by Crippen LogP contribution is 2.27. The summed E-state index contributed by atoms with van der Waals surface area (Å²) >= 11 is 5.68. The predicted molar refractivity (Wildman–Crippen MR) is 65.9 cm³/mol. The molecule has 0 spiro atoms.